The number of ether oxygens (including phenoxy) is 5. The van der Waals surface area contributed by atoms with E-state index in [1.165, 1.54) is 34.5 Å². The standard InChI is InChI=1S/C19H20O8/c1-23-12-6-5-9(7-10(12)20)13-8-11(21)14-15(22)17(24-2)19(26-4)18(25-3)16(14)27-13/h5-7,13,20,22H,8H2,1-4H3. The molecular weight excluding hydrogens is 356 g/mol. The predicted molar refractivity (Wildman–Crippen MR) is 94.7 cm³/mol. The van der Waals surface area contributed by atoms with Crippen LogP contribution in [0.4, 0.5) is 0 Å². The van der Waals surface area contributed by atoms with Crippen molar-refractivity contribution in [2.45, 2.75) is 12.5 Å². The van der Waals surface area contributed by atoms with Gasteiger partial charge in [-0.2, -0.15) is 0 Å². The Bertz CT molecular complexity index is 890. The number of methoxy groups -OCH3 is 4. The summed E-state index contributed by atoms with van der Waals surface area (Å²) in [5.74, 6) is -0.184. The molecule has 8 heteroatoms. The molecule has 1 unspecified atom stereocenters. The summed E-state index contributed by atoms with van der Waals surface area (Å²) in [6, 6.07) is 4.74. The molecule has 0 bridgehead atoms. The average Bonchev–Trinajstić information content (AvgIpc) is 2.66. The van der Waals surface area contributed by atoms with Gasteiger partial charge in [0, 0.05) is 0 Å². The van der Waals surface area contributed by atoms with Gasteiger partial charge in [0.1, 0.15) is 11.7 Å². The van der Waals surface area contributed by atoms with E-state index in [0.717, 1.165) is 0 Å². The third kappa shape index (κ3) is 2.92. The lowest BCUT2D eigenvalue weighted by Crippen LogP contribution is -2.21. The van der Waals surface area contributed by atoms with Crippen molar-refractivity contribution in [2.75, 3.05) is 28.4 Å². The molecule has 2 N–H and O–H groups in total. The number of ketones is 1. The van der Waals surface area contributed by atoms with Gasteiger partial charge in [0.25, 0.3) is 0 Å². The summed E-state index contributed by atoms with van der Waals surface area (Å²) < 4.78 is 26.8. The lowest BCUT2D eigenvalue weighted by molar-refractivity contribution is 0.0833. The second-order valence-electron chi connectivity index (χ2n) is 5.82. The largest absolute Gasteiger partial charge is 0.504 e. The van der Waals surface area contributed by atoms with Crippen LogP contribution >= 0.6 is 0 Å². The molecule has 0 fully saturated rings. The van der Waals surface area contributed by atoms with E-state index < -0.39 is 6.10 Å². The zero-order valence-electron chi connectivity index (χ0n) is 15.4. The molecule has 1 aliphatic heterocycles. The SMILES string of the molecule is COc1ccc(C2CC(=O)c3c(O)c(OC)c(OC)c(OC)c3O2)cc1O. The third-order valence-corrected chi connectivity index (χ3v) is 4.39. The van der Waals surface area contributed by atoms with E-state index in [0.29, 0.717) is 11.3 Å². The lowest BCUT2D eigenvalue weighted by Gasteiger charge is -2.29. The minimum absolute atomic E-state index is 0.00871. The molecule has 27 heavy (non-hydrogen) atoms. The Morgan fingerprint density at radius 1 is 0.963 bits per heavy atom. The van der Waals surface area contributed by atoms with E-state index in [1.807, 2.05) is 0 Å². The molecule has 3 rings (SSSR count). The van der Waals surface area contributed by atoms with Crippen LogP contribution in [0.5, 0.6) is 40.2 Å². The number of Topliss-reactive ketones (excluding diaryl/α,β-unsaturated/α-hetero) is 1. The summed E-state index contributed by atoms with van der Waals surface area (Å²) in [4.78, 5) is 12.8. The van der Waals surface area contributed by atoms with E-state index in [4.69, 9.17) is 23.7 Å². The van der Waals surface area contributed by atoms with Gasteiger partial charge in [-0.3, -0.25) is 4.79 Å². The number of hydrogen-bond acceptors (Lipinski definition) is 8. The molecule has 0 aliphatic carbocycles. The summed E-state index contributed by atoms with van der Waals surface area (Å²) in [5, 5.41) is 20.5. The fourth-order valence-corrected chi connectivity index (χ4v) is 3.13. The first-order valence-corrected chi connectivity index (χ1v) is 8.08. The van der Waals surface area contributed by atoms with Crippen molar-refractivity contribution >= 4 is 5.78 Å². The number of aromatic hydroxyl groups is 2. The van der Waals surface area contributed by atoms with E-state index in [1.54, 1.807) is 12.1 Å². The first-order chi connectivity index (χ1) is 13.0. The Morgan fingerprint density at radius 3 is 2.19 bits per heavy atom. The molecule has 0 saturated carbocycles. The van der Waals surface area contributed by atoms with Gasteiger partial charge in [0.05, 0.1) is 34.9 Å². The highest BCUT2D eigenvalue weighted by Gasteiger charge is 2.37. The molecule has 1 aliphatic rings. The van der Waals surface area contributed by atoms with Gasteiger partial charge in [-0.15, -0.1) is 0 Å². The molecule has 0 radical (unpaired) electrons. The topological polar surface area (TPSA) is 104 Å². The van der Waals surface area contributed by atoms with E-state index >= 15 is 0 Å². The molecule has 2 aromatic carbocycles. The fourth-order valence-electron chi connectivity index (χ4n) is 3.13. The number of carbonyl (C=O) groups excluding carboxylic acids is 1. The normalized spacial score (nSPS) is 15.6. The number of hydrogen-bond donors (Lipinski definition) is 2. The van der Waals surface area contributed by atoms with Gasteiger partial charge in [0.2, 0.25) is 17.2 Å². The number of benzene rings is 2. The van der Waals surface area contributed by atoms with E-state index in [-0.39, 0.29) is 52.3 Å². The molecule has 2 aromatic rings. The Kier molecular flexibility index (Phi) is 4.89. The molecule has 1 atom stereocenters. The van der Waals surface area contributed by atoms with Crippen molar-refractivity contribution < 1.29 is 38.7 Å². The Morgan fingerprint density at radius 2 is 1.63 bits per heavy atom. The summed E-state index contributed by atoms with van der Waals surface area (Å²) in [6.07, 6.45) is -0.724. The third-order valence-electron chi connectivity index (χ3n) is 4.39. The average molecular weight is 376 g/mol. The van der Waals surface area contributed by atoms with Gasteiger partial charge in [-0.25, -0.2) is 0 Å². The van der Waals surface area contributed by atoms with Gasteiger partial charge < -0.3 is 33.9 Å². The van der Waals surface area contributed by atoms with E-state index in [2.05, 4.69) is 0 Å². The van der Waals surface area contributed by atoms with Crippen LogP contribution in [0.1, 0.15) is 28.4 Å². The summed E-state index contributed by atoms with van der Waals surface area (Å²) >= 11 is 0. The summed E-state index contributed by atoms with van der Waals surface area (Å²) in [7, 11) is 5.57. The zero-order valence-corrected chi connectivity index (χ0v) is 15.4. The van der Waals surface area contributed by atoms with Gasteiger partial charge in [0.15, 0.2) is 28.8 Å². The van der Waals surface area contributed by atoms with Gasteiger partial charge >= 0.3 is 0 Å². The molecule has 0 amide bonds. The van der Waals surface area contributed by atoms with Crippen LogP contribution in [0.3, 0.4) is 0 Å². The highest BCUT2D eigenvalue weighted by molar-refractivity contribution is 6.05. The van der Waals surface area contributed by atoms with Crippen LogP contribution in [0.15, 0.2) is 18.2 Å². The Balaban J connectivity index is 2.13. The quantitative estimate of drug-likeness (QED) is 0.821. The molecule has 0 spiro atoms. The van der Waals surface area contributed by atoms with Crippen molar-refractivity contribution in [1.82, 2.24) is 0 Å². The van der Waals surface area contributed by atoms with Crippen LogP contribution in [-0.2, 0) is 0 Å². The van der Waals surface area contributed by atoms with Crippen molar-refractivity contribution in [2.24, 2.45) is 0 Å². The summed E-state index contributed by atoms with van der Waals surface area (Å²) in [5.41, 5.74) is 0.544. The minimum atomic E-state index is -0.687. The highest BCUT2D eigenvalue weighted by atomic mass is 16.6. The van der Waals surface area contributed by atoms with Crippen LogP contribution in [0, 0.1) is 0 Å². The monoisotopic (exact) mass is 376 g/mol. The number of phenols is 2. The van der Waals surface area contributed by atoms with Crippen LogP contribution in [-0.4, -0.2) is 44.4 Å². The van der Waals surface area contributed by atoms with Crippen molar-refractivity contribution in [1.29, 1.82) is 0 Å². The maximum absolute atomic E-state index is 12.8. The highest BCUT2D eigenvalue weighted by Crippen LogP contribution is 2.56. The van der Waals surface area contributed by atoms with Crippen molar-refractivity contribution in [3.8, 4) is 40.2 Å². The molecule has 1 heterocycles. The second kappa shape index (κ2) is 7.14. The van der Waals surface area contributed by atoms with E-state index in [9.17, 15) is 15.0 Å². The van der Waals surface area contributed by atoms with Crippen LogP contribution < -0.4 is 23.7 Å². The number of carbonyl (C=O) groups is 1. The Labute approximate surface area is 155 Å². The number of rotatable bonds is 5. The first kappa shape index (κ1) is 18.5. The molecule has 0 saturated heterocycles. The van der Waals surface area contributed by atoms with Crippen molar-refractivity contribution in [3.63, 3.8) is 0 Å². The van der Waals surface area contributed by atoms with Gasteiger partial charge in [-0.1, -0.05) is 6.07 Å². The predicted octanol–water partition coefficient (Wildman–Crippen LogP) is 2.84. The maximum atomic E-state index is 12.8. The first-order valence-electron chi connectivity index (χ1n) is 8.08. The fraction of sp³-hybridized carbons (Fsp3) is 0.316. The second-order valence-corrected chi connectivity index (χ2v) is 5.82. The van der Waals surface area contributed by atoms with Crippen LogP contribution in [0.25, 0.3) is 0 Å². The smallest absolute Gasteiger partial charge is 0.211 e. The molecule has 8 nitrogen and oxygen atoms in total. The molecule has 0 aromatic heterocycles. The Hall–Kier alpha value is -3.29. The minimum Gasteiger partial charge on any atom is -0.504 e. The van der Waals surface area contributed by atoms with Crippen LogP contribution in [0.2, 0.25) is 0 Å². The molecule has 144 valence electrons. The lowest BCUT2D eigenvalue weighted by atomic mass is 9.94. The number of fused-ring (bicyclic) bond motifs is 1. The molecular formula is C19H20O8. The zero-order chi connectivity index (χ0) is 19.7. The summed E-state index contributed by atoms with van der Waals surface area (Å²) in [6.45, 7) is 0. The van der Waals surface area contributed by atoms with Gasteiger partial charge in [-0.05, 0) is 17.7 Å². The van der Waals surface area contributed by atoms with Crippen molar-refractivity contribution in [3.05, 3.63) is 29.3 Å². The number of phenolic OH excluding ortho intramolecular Hbond substituents is 2. The maximum Gasteiger partial charge on any atom is 0.211 e.